The van der Waals surface area contributed by atoms with Gasteiger partial charge in [-0.2, -0.15) is 13.2 Å². The lowest BCUT2D eigenvalue weighted by atomic mass is 9.92. The smallest absolute Gasteiger partial charge is 0.170 e. The first-order chi connectivity index (χ1) is 4.31. The Morgan fingerprint density at radius 1 is 1.10 bits per heavy atom. The van der Waals surface area contributed by atoms with Crippen molar-refractivity contribution in [3.05, 3.63) is 12.2 Å². The summed E-state index contributed by atoms with van der Waals surface area (Å²) in [4.78, 5) is 0. The molecule has 0 fully saturated rings. The zero-order valence-electron chi connectivity index (χ0n) is 6.29. The summed E-state index contributed by atoms with van der Waals surface area (Å²) in [7, 11) is 0. The van der Waals surface area contributed by atoms with E-state index in [1.54, 1.807) is 6.92 Å². The summed E-state index contributed by atoms with van der Waals surface area (Å²) in [5, 5.41) is 0. The highest BCUT2D eigenvalue weighted by Crippen LogP contribution is 2.38. The topological polar surface area (TPSA) is 0 Å². The highest BCUT2D eigenvalue weighted by atomic mass is 19.4. The maximum atomic E-state index is 12.0. The van der Waals surface area contributed by atoms with Crippen molar-refractivity contribution in [1.29, 1.82) is 0 Å². The van der Waals surface area contributed by atoms with Gasteiger partial charge in [0.15, 0.2) is 0 Å². The maximum absolute atomic E-state index is 12.0. The molecule has 0 heterocycles. The Bertz CT molecular complexity index is 130. The number of halogens is 3. The van der Waals surface area contributed by atoms with Gasteiger partial charge in [-0.05, 0) is 20.8 Å². The molecule has 0 bridgehead atoms. The van der Waals surface area contributed by atoms with Crippen LogP contribution in [0.15, 0.2) is 12.2 Å². The van der Waals surface area contributed by atoms with E-state index in [9.17, 15) is 13.2 Å². The second kappa shape index (κ2) is 2.64. The second-order valence-corrected chi connectivity index (χ2v) is 2.72. The molecule has 0 amide bonds. The molecule has 0 saturated carbocycles. The van der Waals surface area contributed by atoms with Crippen molar-refractivity contribution in [2.24, 2.45) is 5.41 Å². The third-order valence-electron chi connectivity index (χ3n) is 1.31. The van der Waals surface area contributed by atoms with E-state index in [1.807, 2.05) is 0 Å². The van der Waals surface area contributed by atoms with Crippen LogP contribution in [-0.4, -0.2) is 6.18 Å². The quantitative estimate of drug-likeness (QED) is 0.506. The van der Waals surface area contributed by atoms with Crippen molar-refractivity contribution >= 4 is 0 Å². The molecule has 0 N–H and O–H groups in total. The van der Waals surface area contributed by atoms with E-state index in [-0.39, 0.29) is 0 Å². The molecule has 0 aliphatic heterocycles. The molecule has 0 aromatic heterocycles. The fourth-order valence-corrected chi connectivity index (χ4v) is 0.511. The summed E-state index contributed by atoms with van der Waals surface area (Å²) in [6.45, 7) is 3.87. The van der Waals surface area contributed by atoms with Crippen LogP contribution < -0.4 is 0 Å². The lowest BCUT2D eigenvalue weighted by molar-refractivity contribution is -0.193. The van der Waals surface area contributed by atoms with Crippen molar-refractivity contribution in [3.63, 3.8) is 0 Å². The molecule has 0 aromatic carbocycles. The number of alkyl halides is 3. The van der Waals surface area contributed by atoms with E-state index in [0.717, 1.165) is 19.9 Å². The Kier molecular flexibility index (Phi) is 2.52. The summed E-state index contributed by atoms with van der Waals surface area (Å²) < 4.78 is 35.9. The molecular formula is C7H11F3. The Morgan fingerprint density at radius 2 is 1.50 bits per heavy atom. The Morgan fingerprint density at radius 3 is 1.60 bits per heavy atom. The third kappa shape index (κ3) is 2.05. The molecule has 0 spiro atoms. The Balaban J connectivity index is 4.40. The molecule has 0 rings (SSSR count). The number of hydrogen-bond donors (Lipinski definition) is 0. The van der Waals surface area contributed by atoms with Crippen LogP contribution in [0.4, 0.5) is 13.2 Å². The van der Waals surface area contributed by atoms with Crippen LogP contribution in [-0.2, 0) is 0 Å². The van der Waals surface area contributed by atoms with E-state index in [2.05, 4.69) is 0 Å². The van der Waals surface area contributed by atoms with Gasteiger partial charge >= 0.3 is 6.18 Å². The monoisotopic (exact) mass is 152 g/mol. The summed E-state index contributed by atoms with van der Waals surface area (Å²) in [6, 6.07) is 0. The molecule has 0 radical (unpaired) electrons. The Hall–Kier alpha value is -0.470. The van der Waals surface area contributed by atoms with Crippen molar-refractivity contribution in [2.45, 2.75) is 26.9 Å². The van der Waals surface area contributed by atoms with E-state index in [4.69, 9.17) is 0 Å². The minimum absolute atomic E-state index is 1.15. The van der Waals surface area contributed by atoms with Crippen LogP contribution in [0.25, 0.3) is 0 Å². The molecule has 0 atom stereocenters. The Labute approximate surface area is 58.7 Å². The van der Waals surface area contributed by atoms with Gasteiger partial charge in [-0.1, -0.05) is 12.2 Å². The lowest BCUT2D eigenvalue weighted by Crippen LogP contribution is -2.29. The average Bonchev–Trinajstić information content (AvgIpc) is 1.61. The molecule has 3 heteroatoms. The zero-order valence-corrected chi connectivity index (χ0v) is 6.29. The van der Waals surface area contributed by atoms with Crippen molar-refractivity contribution in [1.82, 2.24) is 0 Å². The van der Waals surface area contributed by atoms with Gasteiger partial charge in [0.1, 0.15) is 0 Å². The molecule has 0 unspecified atom stereocenters. The molecule has 0 aliphatic carbocycles. The SMILES string of the molecule is C/C=C\C(C)(C)C(F)(F)F. The van der Waals surface area contributed by atoms with Crippen LogP contribution in [0.5, 0.6) is 0 Å². The summed E-state index contributed by atoms with van der Waals surface area (Å²) in [5.74, 6) is 0. The van der Waals surface area contributed by atoms with Gasteiger partial charge in [0, 0.05) is 0 Å². The standard InChI is InChI=1S/C7H11F3/c1-4-5-6(2,3)7(8,9)10/h4-5H,1-3H3/b5-4-. The van der Waals surface area contributed by atoms with Crippen LogP contribution in [0, 0.1) is 5.41 Å². The normalized spacial score (nSPS) is 14.6. The van der Waals surface area contributed by atoms with E-state index >= 15 is 0 Å². The maximum Gasteiger partial charge on any atom is 0.397 e. The van der Waals surface area contributed by atoms with E-state index < -0.39 is 11.6 Å². The average molecular weight is 152 g/mol. The van der Waals surface area contributed by atoms with Crippen LogP contribution >= 0.6 is 0 Å². The fraction of sp³-hybridized carbons (Fsp3) is 0.714. The highest BCUT2D eigenvalue weighted by molar-refractivity contribution is 4.97. The molecule has 0 aromatic rings. The van der Waals surface area contributed by atoms with E-state index in [0.29, 0.717) is 0 Å². The van der Waals surface area contributed by atoms with Crippen molar-refractivity contribution in [2.75, 3.05) is 0 Å². The van der Waals surface area contributed by atoms with Crippen molar-refractivity contribution < 1.29 is 13.2 Å². The molecule has 60 valence electrons. The highest BCUT2D eigenvalue weighted by Gasteiger charge is 2.44. The first-order valence-corrected chi connectivity index (χ1v) is 3.02. The largest absolute Gasteiger partial charge is 0.397 e. The summed E-state index contributed by atoms with van der Waals surface area (Å²) >= 11 is 0. The minimum Gasteiger partial charge on any atom is -0.170 e. The first-order valence-electron chi connectivity index (χ1n) is 3.02. The van der Waals surface area contributed by atoms with E-state index in [1.165, 1.54) is 6.08 Å². The number of hydrogen-bond acceptors (Lipinski definition) is 0. The van der Waals surface area contributed by atoms with Gasteiger partial charge in [0.05, 0.1) is 5.41 Å². The van der Waals surface area contributed by atoms with Crippen LogP contribution in [0.1, 0.15) is 20.8 Å². The molecule has 10 heavy (non-hydrogen) atoms. The van der Waals surface area contributed by atoms with Crippen molar-refractivity contribution in [3.8, 4) is 0 Å². The van der Waals surface area contributed by atoms with Gasteiger partial charge in [0.25, 0.3) is 0 Å². The third-order valence-corrected chi connectivity index (χ3v) is 1.31. The first kappa shape index (κ1) is 9.53. The van der Waals surface area contributed by atoms with Gasteiger partial charge < -0.3 is 0 Å². The zero-order chi connectivity index (χ0) is 8.41. The van der Waals surface area contributed by atoms with Crippen LogP contribution in [0.3, 0.4) is 0 Å². The fourth-order valence-electron chi connectivity index (χ4n) is 0.511. The molecule has 0 saturated heterocycles. The van der Waals surface area contributed by atoms with Gasteiger partial charge in [0.2, 0.25) is 0 Å². The lowest BCUT2D eigenvalue weighted by Gasteiger charge is -2.23. The predicted octanol–water partition coefficient (Wildman–Crippen LogP) is 3.15. The number of allylic oxidation sites excluding steroid dienone is 2. The minimum atomic E-state index is -4.14. The van der Waals surface area contributed by atoms with Crippen LogP contribution in [0.2, 0.25) is 0 Å². The summed E-state index contributed by atoms with van der Waals surface area (Å²) in [6.07, 6.45) is -1.58. The number of rotatable bonds is 1. The molecule has 0 nitrogen and oxygen atoms in total. The molecule has 0 aliphatic rings. The molecular weight excluding hydrogens is 141 g/mol. The summed E-state index contributed by atoms with van der Waals surface area (Å²) in [5.41, 5.74) is -1.69. The van der Waals surface area contributed by atoms with Gasteiger partial charge in [-0.3, -0.25) is 0 Å². The predicted molar refractivity (Wildman–Crippen MR) is 34.6 cm³/mol. The second-order valence-electron chi connectivity index (χ2n) is 2.72. The van der Waals surface area contributed by atoms with Gasteiger partial charge in [-0.25, -0.2) is 0 Å². The van der Waals surface area contributed by atoms with Gasteiger partial charge in [-0.15, -0.1) is 0 Å².